The van der Waals surface area contributed by atoms with Crippen LogP contribution in [0.15, 0.2) is 48.5 Å². The fourth-order valence-corrected chi connectivity index (χ4v) is 6.05. The fourth-order valence-electron chi connectivity index (χ4n) is 5.10. The summed E-state index contributed by atoms with van der Waals surface area (Å²) in [5, 5.41) is 14.8. The van der Waals surface area contributed by atoms with Crippen LogP contribution in [0.1, 0.15) is 32.1 Å². The molecule has 192 valence electrons. The predicted molar refractivity (Wildman–Crippen MR) is 144 cm³/mol. The Morgan fingerprint density at radius 1 is 1.06 bits per heavy atom. The molecule has 2 aromatic carbocycles. The van der Waals surface area contributed by atoms with Crippen LogP contribution in [0, 0.1) is 0 Å². The van der Waals surface area contributed by atoms with E-state index in [0.29, 0.717) is 19.1 Å². The molecule has 1 atom stereocenters. The molecule has 2 aliphatic rings. The van der Waals surface area contributed by atoms with E-state index in [0.717, 1.165) is 65.6 Å². The lowest BCUT2D eigenvalue weighted by molar-refractivity contribution is -0.123. The molecule has 2 heterocycles. The molecular formula is C28H36N4O3S. The van der Waals surface area contributed by atoms with Crippen LogP contribution in [0.3, 0.4) is 0 Å². The number of benzene rings is 2. The van der Waals surface area contributed by atoms with Crippen LogP contribution < -0.4 is 10.1 Å². The van der Waals surface area contributed by atoms with Crippen LogP contribution in [0.5, 0.6) is 5.75 Å². The summed E-state index contributed by atoms with van der Waals surface area (Å²) in [7, 11) is 0. The Labute approximate surface area is 217 Å². The topological polar surface area (TPSA) is 77.9 Å². The lowest BCUT2D eigenvalue weighted by atomic mass is 9.95. The van der Waals surface area contributed by atoms with Crippen LogP contribution in [-0.4, -0.2) is 83.8 Å². The van der Waals surface area contributed by atoms with Crippen molar-refractivity contribution in [3.8, 4) is 16.3 Å². The number of aliphatic hydroxyl groups excluding tert-OH is 1. The highest BCUT2D eigenvalue weighted by Crippen LogP contribution is 2.32. The molecule has 1 aliphatic heterocycles. The molecule has 1 saturated heterocycles. The van der Waals surface area contributed by atoms with Gasteiger partial charge in [-0.25, -0.2) is 4.98 Å². The summed E-state index contributed by atoms with van der Waals surface area (Å²) in [5.41, 5.74) is 2.02. The molecule has 2 N–H and O–H groups in total. The first-order valence-corrected chi connectivity index (χ1v) is 13.9. The Bertz CT molecular complexity index is 1120. The number of aliphatic hydroxyl groups is 1. The van der Waals surface area contributed by atoms with Crippen molar-refractivity contribution in [1.29, 1.82) is 0 Å². The van der Waals surface area contributed by atoms with Gasteiger partial charge in [0.25, 0.3) is 0 Å². The van der Waals surface area contributed by atoms with Crippen LogP contribution in [0.4, 0.5) is 0 Å². The second kappa shape index (κ2) is 12.1. The van der Waals surface area contributed by atoms with Crippen molar-refractivity contribution in [2.45, 2.75) is 44.2 Å². The van der Waals surface area contributed by atoms with E-state index < -0.39 is 6.10 Å². The van der Waals surface area contributed by atoms with E-state index in [-0.39, 0.29) is 12.5 Å². The first kappa shape index (κ1) is 25.1. The van der Waals surface area contributed by atoms with E-state index in [1.165, 1.54) is 19.3 Å². The van der Waals surface area contributed by atoms with Crippen molar-refractivity contribution in [2.24, 2.45) is 0 Å². The second-order valence-corrected chi connectivity index (χ2v) is 11.0. The van der Waals surface area contributed by atoms with Crippen LogP contribution in [-0.2, 0) is 4.79 Å². The third-order valence-electron chi connectivity index (χ3n) is 7.09. The van der Waals surface area contributed by atoms with E-state index >= 15 is 0 Å². The highest BCUT2D eigenvalue weighted by molar-refractivity contribution is 7.21. The number of carbonyl (C=O) groups excluding carboxylic acids is 1. The zero-order chi connectivity index (χ0) is 24.7. The molecule has 36 heavy (non-hydrogen) atoms. The largest absolute Gasteiger partial charge is 0.491 e. The number of thiazole rings is 1. The number of carbonyl (C=O) groups is 1. The van der Waals surface area contributed by atoms with Gasteiger partial charge in [0, 0.05) is 50.4 Å². The van der Waals surface area contributed by atoms with Crippen molar-refractivity contribution < 1.29 is 14.6 Å². The number of nitrogens with one attached hydrogen (secondary N) is 1. The van der Waals surface area contributed by atoms with Gasteiger partial charge in [-0.3, -0.25) is 14.6 Å². The zero-order valence-electron chi connectivity index (χ0n) is 20.8. The highest BCUT2D eigenvalue weighted by atomic mass is 32.1. The molecule has 8 heteroatoms. The van der Waals surface area contributed by atoms with Gasteiger partial charge in [-0.2, -0.15) is 0 Å². The average molecular weight is 509 g/mol. The van der Waals surface area contributed by atoms with Gasteiger partial charge in [-0.15, -0.1) is 11.3 Å². The predicted octanol–water partition coefficient (Wildman–Crippen LogP) is 3.77. The van der Waals surface area contributed by atoms with Crippen molar-refractivity contribution in [3.05, 3.63) is 48.5 Å². The summed E-state index contributed by atoms with van der Waals surface area (Å²) in [6.45, 7) is 4.67. The van der Waals surface area contributed by atoms with Crippen molar-refractivity contribution in [1.82, 2.24) is 20.1 Å². The van der Waals surface area contributed by atoms with Crippen LogP contribution in [0.2, 0.25) is 0 Å². The Kier molecular flexibility index (Phi) is 8.48. The fraction of sp³-hybridized carbons (Fsp3) is 0.500. The Hall–Kier alpha value is -2.52. The Balaban J connectivity index is 1.04. The van der Waals surface area contributed by atoms with Gasteiger partial charge >= 0.3 is 0 Å². The molecule has 0 bridgehead atoms. The van der Waals surface area contributed by atoms with E-state index in [9.17, 15) is 9.90 Å². The molecule has 1 saturated carbocycles. The minimum absolute atomic E-state index is 0.150. The standard InChI is InChI=1S/C28H36N4O3S/c33-23(18-31-13-15-32(16-14-31)19-27(34)29-22-9-5-2-6-10-22)20-35-24-11-12-26-25(17-24)30-28(36-26)21-7-3-1-4-8-21/h1,3-4,7-8,11-12,17,22-23,33H,2,5-6,9-10,13-16,18-20H2,(H,29,34). The van der Waals surface area contributed by atoms with Crippen LogP contribution >= 0.6 is 11.3 Å². The maximum absolute atomic E-state index is 12.4. The van der Waals surface area contributed by atoms with Gasteiger partial charge < -0.3 is 15.2 Å². The lowest BCUT2D eigenvalue weighted by Crippen LogP contribution is -2.52. The summed E-state index contributed by atoms with van der Waals surface area (Å²) in [6.07, 6.45) is 5.41. The number of rotatable bonds is 9. The van der Waals surface area contributed by atoms with Gasteiger partial charge in [0.1, 0.15) is 23.5 Å². The van der Waals surface area contributed by atoms with Crippen molar-refractivity contribution in [3.63, 3.8) is 0 Å². The maximum Gasteiger partial charge on any atom is 0.234 e. The molecule has 1 unspecified atom stereocenters. The first-order valence-electron chi connectivity index (χ1n) is 13.1. The summed E-state index contributed by atoms with van der Waals surface area (Å²) >= 11 is 1.67. The summed E-state index contributed by atoms with van der Waals surface area (Å²) in [5.74, 6) is 0.872. The van der Waals surface area contributed by atoms with E-state index in [1.807, 2.05) is 36.4 Å². The monoisotopic (exact) mass is 508 g/mol. The number of ether oxygens (including phenoxy) is 1. The number of nitrogens with zero attached hydrogens (tertiary/aromatic N) is 3. The number of β-amino-alcohol motifs (C(OH)–C–C–N with tert-alkyl or cyclic N) is 1. The normalized spacial score (nSPS) is 18.8. The number of fused-ring (bicyclic) bond motifs is 1. The summed E-state index contributed by atoms with van der Waals surface area (Å²) in [4.78, 5) is 21.6. The third kappa shape index (κ3) is 6.82. The number of piperazine rings is 1. The summed E-state index contributed by atoms with van der Waals surface area (Å²) in [6, 6.07) is 16.5. The third-order valence-corrected chi connectivity index (χ3v) is 8.18. The molecule has 0 radical (unpaired) electrons. The highest BCUT2D eigenvalue weighted by Gasteiger charge is 2.22. The molecule has 1 amide bonds. The van der Waals surface area contributed by atoms with Gasteiger partial charge in [0.2, 0.25) is 5.91 Å². The van der Waals surface area contributed by atoms with E-state index in [4.69, 9.17) is 9.72 Å². The Morgan fingerprint density at radius 3 is 2.58 bits per heavy atom. The number of amides is 1. The molecule has 2 fully saturated rings. The zero-order valence-corrected chi connectivity index (χ0v) is 21.6. The van der Waals surface area contributed by atoms with Gasteiger partial charge in [-0.1, -0.05) is 49.6 Å². The molecule has 5 rings (SSSR count). The molecule has 1 aromatic heterocycles. The van der Waals surface area contributed by atoms with Crippen molar-refractivity contribution >= 4 is 27.5 Å². The van der Waals surface area contributed by atoms with Gasteiger partial charge in [-0.05, 0) is 25.0 Å². The Morgan fingerprint density at radius 2 is 1.81 bits per heavy atom. The average Bonchev–Trinajstić information content (AvgIpc) is 3.33. The molecule has 3 aromatic rings. The molecule has 7 nitrogen and oxygen atoms in total. The lowest BCUT2D eigenvalue weighted by Gasteiger charge is -2.35. The van der Waals surface area contributed by atoms with E-state index in [1.54, 1.807) is 11.3 Å². The summed E-state index contributed by atoms with van der Waals surface area (Å²) < 4.78 is 7.02. The second-order valence-electron chi connectivity index (χ2n) is 9.96. The number of hydrogen-bond acceptors (Lipinski definition) is 7. The molecular weight excluding hydrogens is 472 g/mol. The minimum Gasteiger partial charge on any atom is -0.491 e. The van der Waals surface area contributed by atoms with Crippen molar-refractivity contribution in [2.75, 3.05) is 45.9 Å². The number of aromatic nitrogens is 1. The molecule has 0 spiro atoms. The smallest absolute Gasteiger partial charge is 0.234 e. The number of hydrogen-bond donors (Lipinski definition) is 2. The van der Waals surface area contributed by atoms with Gasteiger partial charge in [0.05, 0.1) is 16.8 Å². The SMILES string of the molecule is O=C(CN1CCN(CC(O)COc2ccc3sc(-c4ccccc4)nc3c2)CC1)NC1CCCCC1. The van der Waals surface area contributed by atoms with Gasteiger partial charge in [0.15, 0.2) is 0 Å². The maximum atomic E-state index is 12.4. The quantitative estimate of drug-likeness (QED) is 0.458. The van der Waals surface area contributed by atoms with E-state index in [2.05, 4.69) is 27.2 Å². The molecule has 1 aliphatic carbocycles. The minimum atomic E-state index is -0.572. The van der Waals surface area contributed by atoms with Crippen LogP contribution in [0.25, 0.3) is 20.8 Å². The first-order chi connectivity index (χ1) is 17.6.